The number of nitriles is 1. The second kappa shape index (κ2) is 6.71. The highest BCUT2D eigenvalue weighted by atomic mass is 35.5. The van der Waals surface area contributed by atoms with E-state index in [1.165, 1.54) is 12.1 Å². The zero-order chi connectivity index (χ0) is 15.4. The summed E-state index contributed by atoms with van der Waals surface area (Å²) in [5, 5.41) is 12.8. The second-order valence-electron chi connectivity index (χ2n) is 5.19. The van der Waals surface area contributed by atoms with Crippen LogP contribution in [0.15, 0.2) is 36.4 Å². The van der Waals surface area contributed by atoms with Gasteiger partial charge in [0.15, 0.2) is 0 Å². The molecular weight excluding hydrogens is 287 g/mol. The predicted molar refractivity (Wildman–Crippen MR) is 83.5 cm³/mol. The highest BCUT2D eigenvalue weighted by Crippen LogP contribution is 2.30. The summed E-state index contributed by atoms with van der Waals surface area (Å²) in [6, 6.07) is 12.2. The molecule has 0 atom stereocenters. The fourth-order valence-corrected chi connectivity index (χ4v) is 2.35. The van der Waals surface area contributed by atoms with Gasteiger partial charge in [0.1, 0.15) is 5.82 Å². The molecule has 0 saturated carbocycles. The quantitative estimate of drug-likeness (QED) is 0.901. The summed E-state index contributed by atoms with van der Waals surface area (Å²) in [6.07, 6.45) is 0. The molecule has 2 rings (SSSR count). The summed E-state index contributed by atoms with van der Waals surface area (Å²) >= 11 is 6.29. The number of rotatable bonds is 4. The first-order valence-corrected chi connectivity index (χ1v) is 7.10. The van der Waals surface area contributed by atoms with E-state index in [-0.39, 0.29) is 5.56 Å². The Kier molecular flexibility index (Phi) is 4.95. The van der Waals surface area contributed by atoms with Crippen LogP contribution in [0.25, 0.3) is 11.1 Å². The molecule has 108 valence electrons. The van der Waals surface area contributed by atoms with Crippen LogP contribution >= 0.6 is 11.6 Å². The van der Waals surface area contributed by atoms with Gasteiger partial charge in [-0.1, -0.05) is 37.6 Å². The fraction of sp³-hybridized carbons (Fsp3) is 0.235. The van der Waals surface area contributed by atoms with E-state index in [0.29, 0.717) is 16.6 Å². The SMILES string of the molecule is CC(C)NCc1ccc(-c2cc(F)cc(C#N)c2)c(Cl)c1. The molecule has 0 unspecified atom stereocenters. The van der Waals surface area contributed by atoms with Gasteiger partial charge in [0.2, 0.25) is 0 Å². The average Bonchev–Trinajstić information content (AvgIpc) is 2.44. The van der Waals surface area contributed by atoms with Gasteiger partial charge in [-0.2, -0.15) is 5.26 Å². The summed E-state index contributed by atoms with van der Waals surface area (Å²) in [7, 11) is 0. The summed E-state index contributed by atoms with van der Waals surface area (Å²) in [5.41, 5.74) is 2.68. The van der Waals surface area contributed by atoms with Gasteiger partial charge in [0.25, 0.3) is 0 Å². The van der Waals surface area contributed by atoms with Crippen LogP contribution in [0.2, 0.25) is 5.02 Å². The minimum Gasteiger partial charge on any atom is -0.310 e. The van der Waals surface area contributed by atoms with Crippen molar-refractivity contribution in [2.45, 2.75) is 26.4 Å². The highest BCUT2D eigenvalue weighted by molar-refractivity contribution is 6.33. The average molecular weight is 303 g/mol. The summed E-state index contributed by atoms with van der Waals surface area (Å²) < 4.78 is 13.5. The minimum atomic E-state index is -0.439. The van der Waals surface area contributed by atoms with Crippen molar-refractivity contribution in [3.63, 3.8) is 0 Å². The van der Waals surface area contributed by atoms with E-state index >= 15 is 0 Å². The van der Waals surface area contributed by atoms with Crippen molar-refractivity contribution < 1.29 is 4.39 Å². The molecule has 0 aromatic heterocycles. The van der Waals surface area contributed by atoms with Crippen LogP contribution in [-0.4, -0.2) is 6.04 Å². The Morgan fingerprint density at radius 3 is 2.62 bits per heavy atom. The monoisotopic (exact) mass is 302 g/mol. The van der Waals surface area contributed by atoms with E-state index in [0.717, 1.165) is 17.7 Å². The molecule has 0 bridgehead atoms. The zero-order valence-electron chi connectivity index (χ0n) is 12.0. The maximum Gasteiger partial charge on any atom is 0.125 e. The minimum absolute atomic E-state index is 0.284. The van der Waals surface area contributed by atoms with Gasteiger partial charge in [-0.25, -0.2) is 4.39 Å². The van der Waals surface area contributed by atoms with E-state index < -0.39 is 5.82 Å². The Morgan fingerprint density at radius 1 is 1.24 bits per heavy atom. The number of nitrogens with one attached hydrogen (secondary N) is 1. The molecule has 2 nitrogen and oxygen atoms in total. The molecule has 0 radical (unpaired) electrons. The van der Waals surface area contributed by atoms with Crippen molar-refractivity contribution in [3.8, 4) is 17.2 Å². The number of nitrogens with zero attached hydrogens (tertiary/aromatic N) is 1. The predicted octanol–water partition coefficient (Wildman–Crippen LogP) is 4.52. The maximum atomic E-state index is 13.5. The van der Waals surface area contributed by atoms with Crippen LogP contribution in [0.4, 0.5) is 4.39 Å². The van der Waals surface area contributed by atoms with E-state index in [4.69, 9.17) is 16.9 Å². The lowest BCUT2D eigenvalue weighted by Crippen LogP contribution is -2.21. The Morgan fingerprint density at radius 2 is 2.00 bits per heavy atom. The third-order valence-corrected chi connectivity index (χ3v) is 3.40. The standard InChI is InChI=1S/C17H16ClFN2/c1-11(2)21-10-12-3-4-16(17(18)7-12)14-5-13(9-20)6-15(19)8-14/h3-8,11,21H,10H2,1-2H3. The van der Waals surface area contributed by atoms with Crippen LogP contribution in [-0.2, 0) is 6.54 Å². The van der Waals surface area contributed by atoms with Gasteiger partial charge in [0, 0.05) is 23.2 Å². The third kappa shape index (κ3) is 4.04. The molecular formula is C17H16ClFN2. The van der Waals surface area contributed by atoms with Gasteiger partial charge in [0.05, 0.1) is 11.6 Å². The van der Waals surface area contributed by atoms with Gasteiger partial charge in [-0.05, 0) is 35.4 Å². The Hall–Kier alpha value is -1.89. The molecule has 4 heteroatoms. The fourth-order valence-electron chi connectivity index (χ4n) is 2.03. The molecule has 0 spiro atoms. The molecule has 21 heavy (non-hydrogen) atoms. The van der Waals surface area contributed by atoms with Crippen LogP contribution in [0.3, 0.4) is 0 Å². The van der Waals surface area contributed by atoms with E-state index in [2.05, 4.69) is 19.2 Å². The Balaban J connectivity index is 2.33. The molecule has 0 aliphatic heterocycles. The lowest BCUT2D eigenvalue weighted by atomic mass is 10.0. The number of benzene rings is 2. The van der Waals surface area contributed by atoms with E-state index in [1.54, 1.807) is 6.07 Å². The van der Waals surface area contributed by atoms with Gasteiger partial charge in [-0.3, -0.25) is 0 Å². The smallest absolute Gasteiger partial charge is 0.125 e. The normalized spacial score (nSPS) is 10.7. The Labute approximate surface area is 129 Å². The summed E-state index contributed by atoms with van der Waals surface area (Å²) in [4.78, 5) is 0. The van der Waals surface area contributed by atoms with Crippen molar-refractivity contribution in [2.24, 2.45) is 0 Å². The lowest BCUT2D eigenvalue weighted by Gasteiger charge is -2.11. The van der Waals surface area contributed by atoms with Crippen molar-refractivity contribution >= 4 is 11.6 Å². The molecule has 0 heterocycles. The van der Waals surface area contributed by atoms with Gasteiger partial charge >= 0.3 is 0 Å². The molecule has 2 aromatic carbocycles. The van der Waals surface area contributed by atoms with Crippen molar-refractivity contribution in [3.05, 3.63) is 58.4 Å². The third-order valence-electron chi connectivity index (χ3n) is 3.09. The molecule has 1 N–H and O–H groups in total. The highest BCUT2D eigenvalue weighted by Gasteiger charge is 2.08. The molecule has 0 aliphatic carbocycles. The zero-order valence-corrected chi connectivity index (χ0v) is 12.7. The lowest BCUT2D eigenvalue weighted by molar-refractivity contribution is 0.589. The van der Waals surface area contributed by atoms with E-state index in [9.17, 15) is 4.39 Å². The van der Waals surface area contributed by atoms with Crippen LogP contribution in [0.1, 0.15) is 25.0 Å². The van der Waals surface area contributed by atoms with Gasteiger partial charge in [-0.15, -0.1) is 0 Å². The molecule has 0 aliphatic rings. The molecule has 0 fully saturated rings. The van der Waals surface area contributed by atoms with Crippen molar-refractivity contribution in [1.29, 1.82) is 5.26 Å². The van der Waals surface area contributed by atoms with Crippen molar-refractivity contribution in [1.82, 2.24) is 5.32 Å². The summed E-state index contributed by atoms with van der Waals surface area (Å²) in [6.45, 7) is 4.88. The first kappa shape index (κ1) is 15.5. The topological polar surface area (TPSA) is 35.8 Å². The van der Waals surface area contributed by atoms with E-state index in [1.807, 2.05) is 24.3 Å². The van der Waals surface area contributed by atoms with Crippen LogP contribution < -0.4 is 5.32 Å². The van der Waals surface area contributed by atoms with Crippen molar-refractivity contribution in [2.75, 3.05) is 0 Å². The largest absolute Gasteiger partial charge is 0.310 e. The first-order valence-electron chi connectivity index (χ1n) is 6.72. The number of halogens is 2. The first-order chi connectivity index (χ1) is 9.99. The van der Waals surface area contributed by atoms with Gasteiger partial charge < -0.3 is 5.32 Å². The van der Waals surface area contributed by atoms with Crippen LogP contribution in [0.5, 0.6) is 0 Å². The molecule has 2 aromatic rings. The number of hydrogen-bond donors (Lipinski definition) is 1. The van der Waals surface area contributed by atoms with Crippen LogP contribution in [0, 0.1) is 17.1 Å². The summed E-state index contributed by atoms with van der Waals surface area (Å²) in [5.74, 6) is -0.439. The second-order valence-corrected chi connectivity index (χ2v) is 5.60. The Bertz CT molecular complexity index is 690. The number of hydrogen-bond acceptors (Lipinski definition) is 2. The molecule has 0 saturated heterocycles. The molecule has 0 amide bonds. The maximum absolute atomic E-state index is 13.5.